The predicted octanol–water partition coefficient (Wildman–Crippen LogP) is 3.81. The summed E-state index contributed by atoms with van der Waals surface area (Å²) >= 11 is 3.54. The fourth-order valence-electron chi connectivity index (χ4n) is 2.51. The first-order valence-electron chi connectivity index (χ1n) is 5.70. The molecule has 0 unspecified atom stereocenters. The molecule has 0 spiro atoms. The van der Waals surface area contributed by atoms with Gasteiger partial charge in [-0.1, -0.05) is 0 Å². The molecule has 0 aliphatic rings. The Balaban J connectivity index is 2.56. The molecule has 3 rings (SSSR count). The van der Waals surface area contributed by atoms with E-state index < -0.39 is 0 Å². The van der Waals surface area contributed by atoms with Crippen LogP contribution in [0.3, 0.4) is 0 Å². The molecular weight excluding hydrogens is 292 g/mol. The number of aromatic nitrogens is 2. The lowest BCUT2D eigenvalue weighted by atomic mass is 10.1. The molecule has 2 aromatic heterocycles. The zero-order valence-electron chi connectivity index (χ0n) is 10.5. The van der Waals surface area contributed by atoms with Gasteiger partial charge in [0, 0.05) is 30.1 Å². The number of aryl methyl sites for hydroxylation is 2. The predicted molar refractivity (Wildman–Crippen MR) is 77.2 cm³/mol. The average molecular weight is 305 g/mol. The van der Waals surface area contributed by atoms with Crippen molar-refractivity contribution in [1.29, 1.82) is 0 Å². The molecule has 0 saturated carbocycles. The molecule has 0 bridgehead atoms. The Bertz CT molecular complexity index is 761. The first-order chi connectivity index (χ1) is 8.63. The van der Waals surface area contributed by atoms with Gasteiger partial charge in [-0.25, -0.2) is 0 Å². The quantitative estimate of drug-likeness (QED) is 0.683. The van der Waals surface area contributed by atoms with Crippen molar-refractivity contribution in [2.24, 2.45) is 7.05 Å². The van der Waals surface area contributed by atoms with Crippen molar-refractivity contribution in [3.8, 4) is 5.75 Å². The second-order valence-electron chi connectivity index (χ2n) is 4.36. The van der Waals surface area contributed by atoms with Crippen LogP contribution in [0, 0.1) is 6.92 Å². The molecule has 3 aromatic rings. The van der Waals surface area contributed by atoms with Gasteiger partial charge in [-0.3, -0.25) is 4.98 Å². The molecule has 0 amide bonds. The topological polar surface area (TPSA) is 27.1 Å². The van der Waals surface area contributed by atoms with Crippen LogP contribution in [-0.4, -0.2) is 16.7 Å². The summed E-state index contributed by atoms with van der Waals surface area (Å²) in [5.74, 6) is 0.846. The maximum Gasteiger partial charge on any atom is 0.135 e. The number of benzene rings is 1. The zero-order chi connectivity index (χ0) is 12.9. The van der Waals surface area contributed by atoms with Crippen LogP contribution in [0.5, 0.6) is 5.75 Å². The van der Waals surface area contributed by atoms with E-state index in [-0.39, 0.29) is 0 Å². The minimum Gasteiger partial charge on any atom is -0.495 e. The van der Waals surface area contributed by atoms with Crippen LogP contribution in [0.4, 0.5) is 0 Å². The molecule has 0 aliphatic carbocycles. The van der Waals surface area contributed by atoms with Crippen LogP contribution < -0.4 is 4.74 Å². The third-order valence-corrected chi connectivity index (χ3v) is 3.98. The van der Waals surface area contributed by atoms with Crippen molar-refractivity contribution in [2.75, 3.05) is 7.11 Å². The normalized spacial score (nSPS) is 11.3. The lowest BCUT2D eigenvalue weighted by molar-refractivity contribution is 0.412. The molecule has 0 N–H and O–H groups in total. The van der Waals surface area contributed by atoms with E-state index in [0.29, 0.717) is 0 Å². The highest BCUT2D eigenvalue weighted by atomic mass is 79.9. The van der Waals surface area contributed by atoms with Crippen LogP contribution in [0.25, 0.3) is 21.8 Å². The summed E-state index contributed by atoms with van der Waals surface area (Å²) in [6, 6.07) is 6.22. The largest absolute Gasteiger partial charge is 0.495 e. The molecule has 18 heavy (non-hydrogen) atoms. The van der Waals surface area contributed by atoms with Gasteiger partial charge in [-0.05, 0) is 35.0 Å². The van der Waals surface area contributed by atoms with Crippen molar-refractivity contribution in [3.63, 3.8) is 0 Å². The van der Waals surface area contributed by atoms with E-state index in [2.05, 4.69) is 50.7 Å². The molecule has 0 fully saturated rings. The molecular formula is C14H13BrN2O. The summed E-state index contributed by atoms with van der Waals surface area (Å²) in [5, 5.41) is 2.44. The SMILES string of the molecule is COc1cc2c(cc1Br)c1ccnc(C)c1n2C. The van der Waals surface area contributed by atoms with E-state index in [4.69, 9.17) is 4.74 Å². The number of halogens is 1. The highest BCUT2D eigenvalue weighted by Crippen LogP contribution is 2.36. The molecule has 0 aliphatic heterocycles. The number of ether oxygens (including phenoxy) is 1. The number of methoxy groups -OCH3 is 1. The third-order valence-electron chi connectivity index (χ3n) is 3.36. The number of rotatable bonds is 1. The number of hydrogen-bond acceptors (Lipinski definition) is 2. The van der Waals surface area contributed by atoms with Gasteiger partial charge in [0.15, 0.2) is 0 Å². The van der Waals surface area contributed by atoms with E-state index in [1.807, 2.05) is 13.1 Å². The highest BCUT2D eigenvalue weighted by Gasteiger charge is 2.13. The lowest BCUT2D eigenvalue weighted by Crippen LogP contribution is -1.91. The molecule has 2 heterocycles. The Morgan fingerprint density at radius 1 is 1.28 bits per heavy atom. The first-order valence-corrected chi connectivity index (χ1v) is 6.50. The number of pyridine rings is 1. The van der Waals surface area contributed by atoms with Crippen molar-refractivity contribution < 1.29 is 4.74 Å². The fourth-order valence-corrected chi connectivity index (χ4v) is 3.02. The van der Waals surface area contributed by atoms with E-state index in [1.165, 1.54) is 16.3 Å². The zero-order valence-corrected chi connectivity index (χ0v) is 12.1. The summed E-state index contributed by atoms with van der Waals surface area (Å²) in [6.45, 7) is 2.04. The Labute approximate surface area is 114 Å². The van der Waals surface area contributed by atoms with Gasteiger partial charge < -0.3 is 9.30 Å². The molecule has 1 aromatic carbocycles. The maximum absolute atomic E-state index is 5.36. The van der Waals surface area contributed by atoms with Gasteiger partial charge in [0.25, 0.3) is 0 Å². The van der Waals surface area contributed by atoms with Crippen LogP contribution >= 0.6 is 15.9 Å². The smallest absolute Gasteiger partial charge is 0.135 e. The monoisotopic (exact) mass is 304 g/mol. The van der Waals surface area contributed by atoms with Crippen LogP contribution in [0.15, 0.2) is 28.9 Å². The molecule has 92 valence electrons. The fraction of sp³-hybridized carbons (Fsp3) is 0.214. The van der Waals surface area contributed by atoms with Gasteiger partial charge in [0.2, 0.25) is 0 Å². The van der Waals surface area contributed by atoms with Crippen molar-refractivity contribution in [3.05, 3.63) is 34.6 Å². The molecule has 0 saturated heterocycles. The molecule has 0 atom stereocenters. The van der Waals surface area contributed by atoms with E-state index in [0.717, 1.165) is 21.4 Å². The number of nitrogens with zero attached hydrogens (tertiary/aromatic N) is 2. The first kappa shape index (κ1) is 11.5. The van der Waals surface area contributed by atoms with E-state index in [1.54, 1.807) is 7.11 Å². The standard InChI is InChI=1S/C14H13BrN2O/c1-8-14-9(4-5-16-8)10-6-11(15)13(18-3)7-12(10)17(14)2/h4-7H,1-3H3. The average Bonchev–Trinajstić information content (AvgIpc) is 2.63. The van der Waals surface area contributed by atoms with Crippen LogP contribution in [0.1, 0.15) is 5.69 Å². The summed E-state index contributed by atoms with van der Waals surface area (Å²) < 4.78 is 8.50. The van der Waals surface area contributed by atoms with Gasteiger partial charge in [-0.15, -0.1) is 0 Å². The summed E-state index contributed by atoms with van der Waals surface area (Å²) in [6.07, 6.45) is 1.86. The van der Waals surface area contributed by atoms with Crippen LogP contribution in [-0.2, 0) is 7.05 Å². The number of hydrogen-bond donors (Lipinski definition) is 0. The number of fused-ring (bicyclic) bond motifs is 3. The minimum atomic E-state index is 0.846. The van der Waals surface area contributed by atoms with E-state index in [9.17, 15) is 0 Å². The summed E-state index contributed by atoms with van der Waals surface area (Å²) in [5.41, 5.74) is 3.37. The van der Waals surface area contributed by atoms with Crippen molar-refractivity contribution >= 4 is 37.7 Å². The summed E-state index contributed by atoms with van der Waals surface area (Å²) in [4.78, 5) is 4.36. The van der Waals surface area contributed by atoms with Crippen LogP contribution in [0.2, 0.25) is 0 Å². The van der Waals surface area contributed by atoms with Crippen molar-refractivity contribution in [1.82, 2.24) is 9.55 Å². The second kappa shape index (κ2) is 3.99. The molecule has 0 radical (unpaired) electrons. The molecule has 4 heteroatoms. The molecule has 3 nitrogen and oxygen atoms in total. The highest BCUT2D eigenvalue weighted by molar-refractivity contribution is 9.10. The second-order valence-corrected chi connectivity index (χ2v) is 5.21. The van der Waals surface area contributed by atoms with Crippen molar-refractivity contribution in [2.45, 2.75) is 6.92 Å². The third kappa shape index (κ3) is 1.45. The Kier molecular flexibility index (Phi) is 2.55. The van der Waals surface area contributed by atoms with Gasteiger partial charge in [0.05, 0.1) is 28.3 Å². The van der Waals surface area contributed by atoms with Gasteiger partial charge >= 0.3 is 0 Å². The maximum atomic E-state index is 5.36. The van der Waals surface area contributed by atoms with Gasteiger partial charge in [0.1, 0.15) is 5.75 Å². The lowest BCUT2D eigenvalue weighted by Gasteiger charge is -2.04. The Morgan fingerprint density at radius 2 is 2.06 bits per heavy atom. The van der Waals surface area contributed by atoms with E-state index >= 15 is 0 Å². The van der Waals surface area contributed by atoms with Gasteiger partial charge in [-0.2, -0.15) is 0 Å². The minimum absolute atomic E-state index is 0.846. The Hall–Kier alpha value is -1.55. The summed E-state index contributed by atoms with van der Waals surface area (Å²) in [7, 11) is 3.74. The Morgan fingerprint density at radius 3 is 2.78 bits per heavy atom.